The van der Waals surface area contributed by atoms with Crippen LogP contribution < -0.4 is 11.2 Å². The summed E-state index contributed by atoms with van der Waals surface area (Å²) >= 11 is 1.20. The fourth-order valence-corrected chi connectivity index (χ4v) is 4.10. The van der Waals surface area contributed by atoms with E-state index in [0.29, 0.717) is 16.4 Å². The van der Waals surface area contributed by atoms with E-state index < -0.39 is 16.7 Å². The predicted octanol–water partition coefficient (Wildman–Crippen LogP) is 2.92. The number of Topliss-reactive ketones (excluding diaryl/α,β-unsaturated/α-hetero) is 1. The van der Waals surface area contributed by atoms with Crippen LogP contribution in [0.15, 0.2) is 32.8 Å². The highest BCUT2D eigenvalue weighted by Crippen LogP contribution is 2.27. The van der Waals surface area contributed by atoms with Crippen molar-refractivity contribution in [3.63, 3.8) is 0 Å². The van der Waals surface area contributed by atoms with E-state index in [1.807, 2.05) is 52.8 Å². The Bertz CT molecular complexity index is 1280. The van der Waals surface area contributed by atoms with E-state index in [9.17, 15) is 14.4 Å². The number of aryl methyl sites for hydroxylation is 3. The first-order valence-corrected chi connectivity index (χ1v) is 10.6. The van der Waals surface area contributed by atoms with Crippen LogP contribution in [0.2, 0.25) is 0 Å². The van der Waals surface area contributed by atoms with Crippen molar-refractivity contribution >= 4 is 28.6 Å². The number of hydrogen-bond acceptors (Lipinski definition) is 6. The Morgan fingerprint density at radius 3 is 2.33 bits per heavy atom. The maximum Gasteiger partial charge on any atom is 0.332 e. The van der Waals surface area contributed by atoms with Crippen LogP contribution in [0.3, 0.4) is 0 Å². The van der Waals surface area contributed by atoms with E-state index in [2.05, 4.69) is 9.97 Å². The van der Waals surface area contributed by atoms with Crippen molar-refractivity contribution in [2.45, 2.75) is 45.1 Å². The maximum atomic E-state index is 12.9. The van der Waals surface area contributed by atoms with Crippen molar-refractivity contribution in [3.05, 3.63) is 61.6 Å². The number of rotatable bonds is 4. The molecular formula is C22H26N4O3S. The number of carbonyl (C=O) groups is 1. The molecular weight excluding hydrogens is 400 g/mol. The molecule has 0 saturated heterocycles. The summed E-state index contributed by atoms with van der Waals surface area (Å²) in [5.41, 5.74) is 1.65. The average molecular weight is 427 g/mol. The van der Waals surface area contributed by atoms with Crippen molar-refractivity contribution < 1.29 is 4.79 Å². The van der Waals surface area contributed by atoms with Crippen LogP contribution >= 0.6 is 11.8 Å². The van der Waals surface area contributed by atoms with E-state index in [4.69, 9.17) is 0 Å². The van der Waals surface area contributed by atoms with Gasteiger partial charge < -0.3 is 0 Å². The number of nitrogens with zero attached hydrogens (tertiary/aromatic N) is 4. The summed E-state index contributed by atoms with van der Waals surface area (Å²) in [6.45, 7) is 9.78. The molecule has 1 aromatic carbocycles. The monoisotopic (exact) mass is 426 g/mol. The fraction of sp³-hybridized carbons (Fsp3) is 0.409. The van der Waals surface area contributed by atoms with Gasteiger partial charge in [-0.1, -0.05) is 56.3 Å². The first-order valence-electron chi connectivity index (χ1n) is 9.63. The van der Waals surface area contributed by atoms with Crippen LogP contribution in [-0.2, 0) is 19.5 Å². The highest BCUT2D eigenvalue weighted by molar-refractivity contribution is 8.00. The number of ketones is 1. The van der Waals surface area contributed by atoms with Crippen LogP contribution in [0.1, 0.15) is 48.1 Å². The number of carbonyl (C=O) groups excluding carboxylic acids is 1. The van der Waals surface area contributed by atoms with Crippen molar-refractivity contribution in [2.75, 3.05) is 5.75 Å². The van der Waals surface area contributed by atoms with Crippen molar-refractivity contribution in [1.29, 1.82) is 0 Å². The number of fused-ring (bicyclic) bond motifs is 1. The molecule has 0 aliphatic rings. The van der Waals surface area contributed by atoms with Gasteiger partial charge in [-0.05, 0) is 19.4 Å². The Morgan fingerprint density at radius 1 is 1.07 bits per heavy atom. The van der Waals surface area contributed by atoms with Gasteiger partial charge in [0.2, 0.25) is 0 Å². The molecule has 30 heavy (non-hydrogen) atoms. The summed E-state index contributed by atoms with van der Waals surface area (Å²) in [6, 6.07) is 5.71. The molecule has 8 heteroatoms. The zero-order valence-corrected chi connectivity index (χ0v) is 19.2. The third-order valence-corrected chi connectivity index (χ3v) is 5.94. The van der Waals surface area contributed by atoms with E-state index in [1.165, 1.54) is 23.4 Å². The summed E-state index contributed by atoms with van der Waals surface area (Å²) in [4.78, 5) is 47.2. The van der Waals surface area contributed by atoms with Gasteiger partial charge in [0, 0.05) is 25.1 Å². The van der Waals surface area contributed by atoms with Gasteiger partial charge in [-0.3, -0.25) is 18.7 Å². The summed E-state index contributed by atoms with van der Waals surface area (Å²) < 4.78 is 2.39. The van der Waals surface area contributed by atoms with Crippen molar-refractivity contribution in [2.24, 2.45) is 14.1 Å². The molecule has 0 spiro atoms. The topological polar surface area (TPSA) is 86.8 Å². The summed E-state index contributed by atoms with van der Waals surface area (Å²) in [7, 11) is 3.01. The molecule has 0 aliphatic heterocycles. The lowest BCUT2D eigenvalue weighted by atomic mass is 9.96. The van der Waals surface area contributed by atoms with Crippen LogP contribution in [0.25, 0.3) is 11.0 Å². The van der Waals surface area contributed by atoms with Crippen LogP contribution in [0.5, 0.6) is 0 Å². The second-order valence-electron chi connectivity index (χ2n) is 8.54. The van der Waals surface area contributed by atoms with E-state index in [0.717, 1.165) is 15.7 Å². The number of thioether (sulfide) groups is 1. The third kappa shape index (κ3) is 3.96. The van der Waals surface area contributed by atoms with Crippen LogP contribution in [-0.4, -0.2) is 30.6 Å². The first-order chi connectivity index (χ1) is 13.9. The minimum absolute atomic E-state index is 0.0387. The summed E-state index contributed by atoms with van der Waals surface area (Å²) in [5, 5.41) is 0.672. The molecule has 0 unspecified atom stereocenters. The standard InChI is InChI=1S/C22H26N4O3S/c1-12-8-9-14(13(2)10-12)15(27)11-30-18-16-17(23-20(24-18)22(3,4)5)25(6)21(29)26(7)19(16)28/h8-10H,11H2,1-7H3. The lowest BCUT2D eigenvalue weighted by molar-refractivity contribution is 0.102. The van der Waals surface area contributed by atoms with Gasteiger partial charge in [0.15, 0.2) is 11.4 Å². The SMILES string of the molecule is Cc1ccc(C(=O)CSc2nc(C(C)(C)C)nc3c2c(=O)n(C)c(=O)n3C)c(C)c1. The van der Waals surface area contributed by atoms with Gasteiger partial charge in [0.05, 0.1) is 5.75 Å². The Hall–Kier alpha value is -2.74. The Balaban J connectivity index is 2.13. The molecule has 3 rings (SSSR count). The molecule has 0 bridgehead atoms. The van der Waals surface area contributed by atoms with Crippen molar-refractivity contribution in [1.82, 2.24) is 19.1 Å². The van der Waals surface area contributed by atoms with Gasteiger partial charge in [0.1, 0.15) is 16.2 Å². The number of aromatic nitrogens is 4. The summed E-state index contributed by atoms with van der Waals surface area (Å²) in [6.07, 6.45) is 0. The minimum atomic E-state index is -0.463. The number of benzene rings is 1. The smallest absolute Gasteiger partial charge is 0.293 e. The average Bonchev–Trinajstić information content (AvgIpc) is 2.67. The molecule has 0 atom stereocenters. The first kappa shape index (κ1) is 22.0. The molecule has 3 aromatic rings. The molecule has 0 saturated carbocycles. The highest BCUT2D eigenvalue weighted by Gasteiger charge is 2.24. The van der Waals surface area contributed by atoms with Gasteiger partial charge in [-0.25, -0.2) is 14.8 Å². The Kier molecular flexibility index (Phi) is 5.73. The largest absolute Gasteiger partial charge is 0.332 e. The lowest BCUT2D eigenvalue weighted by Crippen LogP contribution is -2.38. The van der Waals surface area contributed by atoms with Crippen LogP contribution in [0.4, 0.5) is 0 Å². The molecule has 2 heterocycles. The molecule has 0 radical (unpaired) electrons. The van der Waals surface area contributed by atoms with E-state index >= 15 is 0 Å². The van der Waals surface area contributed by atoms with Crippen molar-refractivity contribution in [3.8, 4) is 0 Å². The highest BCUT2D eigenvalue weighted by atomic mass is 32.2. The molecule has 0 fully saturated rings. The third-order valence-electron chi connectivity index (χ3n) is 4.96. The Labute approximate surface area is 179 Å². The second kappa shape index (κ2) is 7.83. The number of hydrogen-bond donors (Lipinski definition) is 0. The Morgan fingerprint density at radius 2 is 1.73 bits per heavy atom. The molecule has 2 aromatic heterocycles. The summed E-state index contributed by atoms with van der Waals surface area (Å²) in [5.74, 6) is 0.605. The van der Waals surface area contributed by atoms with Gasteiger partial charge in [0.25, 0.3) is 5.56 Å². The molecule has 158 valence electrons. The zero-order valence-electron chi connectivity index (χ0n) is 18.4. The van der Waals surface area contributed by atoms with Gasteiger partial charge >= 0.3 is 5.69 Å². The minimum Gasteiger partial charge on any atom is -0.293 e. The quantitative estimate of drug-likeness (QED) is 0.362. The fourth-order valence-electron chi connectivity index (χ4n) is 3.21. The van der Waals surface area contributed by atoms with Gasteiger partial charge in [-0.2, -0.15) is 0 Å². The molecule has 0 aliphatic carbocycles. The lowest BCUT2D eigenvalue weighted by Gasteiger charge is -2.19. The predicted molar refractivity (Wildman–Crippen MR) is 120 cm³/mol. The normalized spacial score (nSPS) is 11.8. The van der Waals surface area contributed by atoms with E-state index in [-0.39, 0.29) is 22.6 Å². The van der Waals surface area contributed by atoms with Crippen LogP contribution in [0, 0.1) is 13.8 Å². The zero-order chi connectivity index (χ0) is 22.4. The second-order valence-corrected chi connectivity index (χ2v) is 9.50. The maximum absolute atomic E-state index is 12.9. The molecule has 0 N–H and O–H groups in total. The molecule has 0 amide bonds. The van der Waals surface area contributed by atoms with Gasteiger partial charge in [-0.15, -0.1) is 0 Å². The molecule has 7 nitrogen and oxygen atoms in total. The van der Waals surface area contributed by atoms with E-state index in [1.54, 1.807) is 7.05 Å².